The lowest BCUT2D eigenvalue weighted by atomic mass is 9.83. The van der Waals surface area contributed by atoms with Gasteiger partial charge in [0.2, 0.25) is 0 Å². The molecule has 0 aromatic heterocycles. The summed E-state index contributed by atoms with van der Waals surface area (Å²) in [6, 6.07) is 58.5. The molecule has 0 amide bonds. The number of benzene rings is 8. The monoisotopic (exact) mass is 702 g/mol. The summed E-state index contributed by atoms with van der Waals surface area (Å²) in [5.74, 6) is 1.05. The molecule has 3 aliphatic rings. The van der Waals surface area contributed by atoms with Crippen LogP contribution >= 0.6 is 0 Å². The van der Waals surface area contributed by atoms with Crippen molar-refractivity contribution >= 4 is 60.2 Å². The maximum atomic E-state index is 5.34. The summed E-state index contributed by atoms with van der Waals surface area (Å²) in [5, 5.41) is 10.1. The summed E-state index contributed by atoms with van der Waals surface area (Å²) in [5.41, 5.74) is 10.0. The van der Waals surface area contributed by atoms with Crippen LogP contribution in [0.5, 0.6) is 0 Å². The predicted molar refractivity (Wildman–Crippen MR) is 235 cm³/mol. The molecule has 1 aliphatic heterocycles. The zero-order valence-electron chi connectivity index (χ0n) is 30.4. The SMILES string of the molecule is C1=CC2N=C(C3=CCCC(c4ccc5c(-c6ccc7ccccc7c6)c6ccccc6c(-c6ccc7ccccc7c6)c5c4)=C3)N(c3ccccc3)C2C=C1. The van der Waals surface area contributed by atoms with Crippen molar-refractivity contribution in [1.29, 1.82) is 0 Å². The fraction of sp³-hybridized carbons (Fsp3) is 0.0755. The van der Waals surface area contributed by atoms with Crippen molar-refractivity contribution in [1.82, 2.24) is 0 Å². The van der Waals surface area contributed by atoms with Crippen molar-refractivity contribution in [2.45, 2.75) is 24.9 Å². The normalized spacial score (nSPS) is 17.8. The second kappa shape index (κ2) is 13.0. The van der Waals surface area contributed by atoms with Crippen LogP contribution in [0.4, 0.5) is 5.69 Å². The second-order valence-electron chi connectivity index (χ2n) is 15.0. The summed E-state index contributed by atoms with van der Waals surface area (Å²) < 4.78 is 0. The highest BCUT2D eigenvalue weighted by molar-refractivity contribution is 6.22. The fourth-order valence-electron chi connectivity index (χ4n) is 9.16. The Labute approximate surface area is 321 Å². The topological polar surface area (TPSA) is 15.6 Å². The Bertz CT molecular complexity index is 3000. The van der Waals surface area contributed by atoms with Crippen molar-refractivity contribution in [2.75, 3.05) is 4.90 Å². The van der Waals surface area contributed by atoms with E-state index >= 15 is 0 Å². The van der Waals surface area contributed by atoms with Crippen LogP contribution in [0.2, 0.25) is 0 Å². The van der Waals surface area contributed by atoms with Gasteiger partial charge in [-0.3, -0.25) is 4.99 Å². The molecule has 2 unspecified atom stereocenters. The second-order valence-corrected chi connectivity index (χ2v) is 15.0. The van der Waals surface area contributed by atoms with E-state index in [1.165, 1.54) is 87.7 Å². The molecular weight excluding hydrogens is 665 g/mol. The molecule has 2 heteroatoms. The van der Waals surface area contributed by atoms with Gasteiger partial charge >= 0.3 is 0 Å². The Hall–Kier alpha value is -6.77. The molecule has 1 heterocycles. The van der Waals surface area contributed by atoms with Gasteiger partial charge in [-0.05, 0) is 126 Å². The van der Waals surface area contributed by atoms with Crippen molar-refractivity contribution in [3.63, 3.8) is 0 Å². The summed E-state index contributed by atoms with van der Waals surface area (Å²) in [6.45, 7) is 0. The lowest BCUT2D eigenvalue weighted by Crippen LogP contribution is -2.39. The number of anilines is 1. The van der Waals surface area contributed by atoms with E-state index in [1.807, 2.05) is 0 Å². The zero-order valence-corrected chi connectivity index (χ0v) is 30.4. The molecule has 0 bridgehead atoms. The van der Waals surface area contributed by atoms with Gasteiger partial charge in [0.05, 0.1) is 12.1 Å². The van der Waals surface area contributed by atoms with E-state index < -0.39 is 0 Å². The summed E-state index contributed by atoms with van der Waals surface area (Å²) >= 11 is 0. The molecule has 2 aliphatic carbocycles. The highest BCUT2D eigenvalue weighted by Gasteiger charge is 2.36. The molecule has 0 saturated carbocycles. The van der Waals surface area contributed by atoms with E-state index in [1.54, 1.807) is 0 Å². The fourth-order valence-corrected chi connectivity index (χ4v) is 9.16. The van der Waals surface area contributed by atoms with Gasteiger partial charge in [-0.1, -0.05) is 158 Å². The average molecular weight is 703 g/mol. The molecule has 2 nitrogen and oxygen atoms in total. The van der Waals surface area contributed by atoms with E-state index in [-0.39, 0.29) is 12.1 Å². The molecule has 8 aromatic carbocycles. The van der Waals surface area contributed by atoms with Crippen molar-refractivity contribution in [3.8, 4) is 22.3 Å². The first-order valence-corrected chi connectivity index (χ1v) is 19.4. The standard InChI is InChI=1S/C53H38N2/c1-2-19-44(20-3-1)55-50-24-11-10-23-49(50)54-53(55)43-18-12-17-39(33-43)40-29-30-47-48(34-40)52(42-28-26-36-14-5-7-16-38(36)32-42)46-22-9-8-21-45(46)51(47)41-27-25-35-13-4-6-15-37(35)31-41/h1-11,13-16,18-34,49-50H,12,17H2. The Kier molecular flexibility index (Phi) is 7.48. The van der Waals surface area contributed by atoms with Crippen molar-refractivity contribution < 1.29 is 0 Å². The number of amidine groups is 1. The minimum Gasteiger partial charge on any atom is -0.317 e. The number of rotatable bonds is 5. The van der Waals surface area contributed by atoms with Gasteiger partial charge in [-0.15, -0.1) is 0 Å². The molecule has 8 aromatic rings. The van der Waals surface area contributed by atoms with E-state index in [9.17, 15) is 0 Å². The van der Waals surface area contributed by atoms with Crippen molar-refractivity contribution in [2.24, 2.45) is 4.99 Å². The van der Waals surface area contributed by atoms with Gasteiger partial charge in [-0.25, -0.2) is 0 Å². The molecule has 55 heavy (non-hydrogen) atoms. The zero-order chi connectivity index (χ0) is 36.3. The highest BCUT2D eigenvalue weighted by atomic mass is 15.3. The average Bonchev–Trinajstić information content (AvgIpc) is 3.65. The Balaban J connectivity index is 1.12. The largest absolute Gasteiger partial charge is 0.317 e. The van der Waals surface area contributed by atoms with Crippen LogP contribution in [0.25, 0.3) is 70.9 Å². The van der Waals surface area contributed by atoms with Crippen LogP contribution in [0, 0.1) is 0 Å². The van der Waals surface area contributed by atoms with Crippen LogP contribution < -0.4 is 4.90 Å². The molecule has 0 spiro atoms. The van der Waals surface area contributed by atoms with Crippen LogP contribution in [0.1, 0.15) is 18.4 Å². The minimum atomic E-state index is 0.104. The lowest BCUT2D eigenvalue weighted by molar-refractivity contribution is 0.739. The summed E-state index contributed by atoms with van der Waals surface area (Å²) in [6.07, 6.45) is 15.6. The molecule has 0 saturated heterocycles. The van der Waals surface area contributed by atoms with Crippen LogP contribution in [0.15, 0.2) is 205 Å². The summed E-state index contributed by atoms with van der Waals surface area (Å²) in [4.78, 5) is 7.77. The van der Waals surface area contributed by atoms with E-state index in [4.69, 9.17) is 4.99 Å². The van der Waals surface area contributed by atoms with Gasteiger partial charge in [0.15, 0.2) is 0 Å². The Morgan fingerprint density at radius 2 is 1.07 bits per heavy atom. The molecule has 2 atom stereocenters. The number of fused-ring (bicyclic) bond motifs is 5. The smallest absolute Gasteiger partial charge is 0.136 e. The number of hydrogen-bond donors (Lipinski definition) is 0. The molecule has 260 valence electrons. The van der Waals surface area contributed by atoms with Gasteiger partial charge in [0.1, 0.15) is 5.84 Å². The van der Waals surface area contributed by atoms with E-state index in [0.717, 1.165) is 18.7 Å². The van der Waals surface area contributed by atoms with Gasteiger partial charge in [0.25, 0.3) is 0 Å². The molecule has 0 N–H and O–H groups in total. The molecule has 0 fully saturated rings. The van der Waals surface area contributed by atoms with Crippen LogP contribution in [0.3, 0.4) is 0 Å². The minimum absolute atomic E-state index is 0.104. The Morgan fingerprint density at radius 1 is 0.491 bits per heavy atom. The first kappa shape index (κ1) is 31.7. The third-order valence-corrected chi connectivity index (χ3v) is 11.7. The van der Waals surface area contributed by atoms with E-state index in [0.29, 0.717) is 0 Å². The van der Waals surface area contributed by atoms with Crippen LogP contribution in [-0.2, 0) is 0 Å². The first-order chi connectivity index (χ1) is 27.3. The predicted octanol–water partition coefficient (Wildman–Crippen LogP) is 13.5. The van der Waals surface area contributed by atoms with Crippen molar-refractivity contribution in [3.05, 3.63) is 205 Å². The Morgan fingerprint density at radius 3 is 1.78 bits per heavy atom. The maximum Gasteiger partial charge on any atom is 0.136 e. The third-order valence-electron chi connectivity index (χ3n) is 11.7. The third kappa shape index (κ3) is 5.36. The first-order valence-electron chi connectivity index (χ1n) is 19.4. The number of allylic oxidation sites excluding steroid dienone is 4. The number of hydrogen-bond acceptors (Lipinski definition) is 2. The van der Waals surface area contributed by atoms with Gasteiger partial charge in [-0.2, -0.15) is 0 Å². The molecule has 0 radical (unpaired) electrons. The quantitative estimate of drug-likeness (QED) is 0.163. The maximum absolute atomic E-state index is 5.34. The number of aliphatic imine (C=N–C) groups is 1. The van der Waals surface area contributed by atoms with E-state index in [2.05, 4.69) is 199 Å². The number of nitrogens with zero attached hydrogens (tertiary/aromatic N) is 2. The lowest BCUT2D eigenvalue weighted by Gasteiger charge is -2.30. The van der Waals surface area contributed by atoms with Crippen LogP contribution in [-0.4, -0.2) is 17.9 Å². The highest BCUT2D eigenvalue weighted by Crippen LogP contribution is 2.46. The summed E-state index contributed by atoms with van der Waals surface area (Å²) in [7, 11) is 0. The number of para-hydroxylation sites is 1. The molecular formula is C53H38N2. The molecule has 11 rings (SSSR count). The van der Waals surface area contributed by atoms with Gasteiger partial charge < -0.3 is 4.90 Å². The van der Waals surface area contributed by atoms with Gasteiger partial charge in [0, 0.05) is 11.3 Å².